The predicted molar refractivity (Wildman–Crippen MR) is 68.9 cm³/mol. The maximum absolute atomic E-state index is 11.9. The van der Waals surface area contributed by atoms with Gasteiger partial charge in [0.05, 0.1) is 5.75 Å². The summed E-state index contributed by atoms with van der Waals surface area (Å²) in [4.78, 5) is 11.9. The number of carbonyl (C=O) groups is 1. The number of nitrogens with one attached hydrogen (secondary N) is 1. The quantitative estimate of drug-likeness (QED) is 0.879. The number of hydrogen-bond acceptors (Lipinski definition) is 5. The Morgan fingerprint density at radius 3 is 2.74 bits per heavy atom. The van der Waals surface area contributed by atoms with Gasteiger partial charge in [-0.3, -0.25) is 4.79 Å². The first-order valence-corrected chi connectivity index (χ1v) is 7.83. The van der Waals surface area contributed by atoms with E-state index in [0.29, 0.717) is 31.7 Å². The molecule has 1 fully saturated rings. The van der Waals surface area contributed by atoms with Crippen molar-refractivity contribution in [3.8, 4) is 0 Å². The number of piperidine rings is 1. The second kappa shape index (κ2) is 5.70. The van der Waals surface area contributed by atoms with Crippen LogP contribution in [0, 0.1) is 5.92 Å². The highest BCUT2D eigenvalue weighted by molar-refractivity contribution is 7.89. The fourth-order valence-electron chi connectivity index (χ4n) is 2.08. The lowest BCUT2D eigenvalue weighted by atomic mass is 9.97. The summed E-state index contributed by atoms with van der Waals surface area (Å²) in [6.45, 7) is 2.42. The van der Waals surface area contributed by atoms with Crippen LogP contribution >= 0.6 is 0 Å². The number of nitrogens with zero attached hydrogens (tertiary/aromatic N) is 2. The number of rotatable bonds is 4. The number of sulfonamides is 1. The third kappa shape index (κ3) is 3.32. The maximum atomic E-state index is 11.9. The van der Waals surface area contributed by atoms with Crippen molar-refractivity contribution in [2.24, 2.45) is 5.92 Å². The molecule has 1 aromatic heterocycles. The lowest BCUT2D eigenvalue weighted by Gasteiger charge is -2.29. The van der Waals surface area contributed by atoms with E-state index in [-0.39, 0.29) is 17.6 Å². The Hall–Kier alpha value is -1.41. The van der Waals surface area contributed by atoms with Gasteiger partial charge in [0.25, 0.3) is 0 Å². The van der Waals surface area contributed by atoms with Crippen LogP contribution in [0.5, 0.6) is 0 Å². The van der Waals surface area contributed by atoms with E-state index in [4.69, 9.17) is 0 Å². The molecule has 1 aliphatic rings. The second-order valence-corrected chi connectivity index (χ2v) is 6.71. The summed E-state index contributed by atoms with van der Waals surface area (Å²) in [6, 6.07) is 1.56. The van der Waals surface area contributed by atoms with Crippen LogP contribution in [-0.2, 0) is 14.8 Å². The minimum Gasteiger partial charge on any atom is -0.363 e. The SMILES string of the molecule is CCS(=O)(=O)N1CCC(C(=O)Nc2ccon2)CC1. The van der Waals surface area contributed by atoms with E-state index in [1.54, 1.807) is 13.0 Å². The first-order chi connectivity index (χ1) is 9.03. The topological polar surface area (TPSA) is 92.5 Å². The Labute approximate surface area is 112 Å². The first kappa shape index (κ1) is 14.0. The molecule has 0 spiro atoms. The Balaban J connectivity index is 1.88. The molecule has 106 valence electrons. The summed E-state index contributed by atoms with van der Waals surface area (Å²) >= 11 is 0. The van der Waals surface area contributed by atoms with Gasteiger partial charge in [0.1, 0.15) is 6.26 Å². The van der Waals surface area contributed by atoms with Crippen LogP contribution in [0.2, 0.25) is 0 Å². The van der Waals surface area contributed by atoms with Crippen LogP contribution < -0.4 is 5.32 Å². The summed E-state index contributed by atoms with van der Waals surface area (Å²) in [6.07, 6.45) is 2.44. The molecule has 1 saturated heterocycles. The molecular weight excluding hydrogens is 270 g/mol. The van der Waals surface area contributed by atoms with Crippen molar-refractivity contribution in [3.63, 3.8) is 0 Å². The van der Waals surface area contributed by atoms with Crippen molar-refractivity contribution in [2.45, 2.75) is 19.8 Å². The van der Waals surface area contributed by atoms with Crippen LogP contribution in [0.4, 0.5) is 5.82 Å². The normalized spacial score (nSPS) is 18.4. The van der Waals surface area contributed by atoms with Gasteiger partial charge < -0.3 is 9.84 Å². The molecule has 0 unspecified atom stereocenters. The van der Waals surface area contributed by atoms with E-state index in [0.717, 1.165) is 0 Å². The Kier molecular flexibility index (Phi) is 4.20. The van der Waals surface area contributed by atoms with Gasteiger partial charge in [-0.15, -0.1) is 0 Å². The smallest absolute Gasteiger partial charge is 0.228 e. The number of carbonyl (C=O) groups excluding carboxylic acids is 1. The van der Waals surface area contributed by atoms with Crippen LogP contribution in [0.1, 0.15) is 19.8 Å². The molecular formula is C11H17N3O4S. The summed E-state index contributed by atoms with van der Waals surface area (Å²) in [5, 5.41) is 6.25. The van der Waals surface area contributed by atoms with Crippen molar-refractivity contribution >= 4 is 21.7 Å². The Morgan fingerprint density at radius 1 is 1.53 bits per heavy atom. The number of hydrogen-bond donors (Lipinski definition) is 1. The molecule has 1 N–H and O–H groups in total. The van der Waals surface area contributed by atoms with Gasteiger partial charge in [0.15, 0.2) is 5.82 Å². The summed E-state index contributed by atoms with van der Waals surface area (Å²) in [7, 11) is -3.15. The monoisotopic (exact) mass is 287 g/mol. The van der Waals surface area contributed by atoms with Crippen LogP contribution in [0.25, 0.3) is 0 Å². The highest BCUT2D eigenvalue weighted by Crippen LogP contribution is 2.21. The Bertz CT molecular complexity index is 518. The lowest BCUT2D eigenvalue weighted by molar-refractivity contribution is -0.120. The molecule has 0 bridgehead atoms. The fourth-order valence-corrected chi connectivity index (χ4v) is 3.22. The van der Waals surface area contributed by atoms with Crippen LogP contribution in [-0.4, -0.2) is 42.6 Å². The van der Waals surface area contributed by atoms with Crippen LogP contribution in [0.15, 0.2) is 16.9 Å². The predicted octanol–water partition coefficient (Wildman–Crippen LogP) is 0.675. The molecule has 0 aromatic carbocycles. The van der Waals surface area contributed by atoms with Gasteiger partial charge in [-0.05, 0) is 19.8 Å². The van der Waals surface area contributed by atoms with E-state index >= 15 is 0 Å². The van der Waals surface area contributed by atoms with Crippen LogP contribution in [0.3, 0.4) is 0 Å². The van der Waals surface area contributed by atoms with Crippen molar-refractivity contribution < 1.29 is 17.7 Å². The van der Waals surface area contributed by atoms with Crippen molar-refractivity contribution in [1.82, 2.24) is 9.46 Å². The summed E-state index contributed by atoms with van der Waals surface area (Å²) in [5.74, 6) is 0.166. The van der Waals surface area contributed by atoms with E-state index in [1.165, 1.54) is 10.6 Å². The summed E-state index contributed by atoms with van der Waals surface area (Å²) in [5.41, 5.74) is 0. The van der Waals surface area contributed by atoms with Gasteiger partial charge in [0, 0.05) is 25.1 Å². The molecule has 0 radical (unpaired) electrons. The second-order valence-electron chi connectivity index (χ2n) is 4.45. The molecule has 1 aliphatic heterocycles. The zero-order valence-electron chi connectivity index (χ0n) is 10.7. The van der Waals surface area contributed by atoms with Gasteiger partial charge >= 0.3 is 0 Å². The largest absolute Gasteiger partial charge is 0.363 e. The van der Waals surface area contributed by atoms with E-state index < -0.39 is 10.0 Å². The zero-order valence-corrected chi connectivity index (χ0v) is 11.5. The molecule has 0 saturated carbocycles. The fraction of sp³-hybridized carbons (Fsp3) is 0.636. The molecule has 19 heavy (non-hydrogen) atoms. The zero-order chi connectivity index (χ0) is 13.9. The van der Waals surface area contributed by atoms with Crippen molar-refractivity contribution in [3.05, 3.63) is 12.3 Å². The first-order valence-electron chi connectivity index (χ1n) is 6.22. The van der Waals surface area contributed by atoms with Crippen molar-refractivity contribution in [1.29, 1.82) is 0 Å². The molecule has 8 heteroatoms. The van der Waals surface area contributed by atoms with Gasteiger partial charge in [-0.25, -0.2) is 12.7 Å². The molecule has 1 aromatic rings. The van der Waals surface area contributed by atoms with E-state index in [2.05, 4.69) is 15.0 Å². The highest BCUT2D eigenvalue weighted by atomic mass is 32.2. The van der Waals surface area contributed by atoms with E-state index in [9.17, 15) is 13.2 Å². The number of anilines is 1. The van der Waals surface area contributed by atoms with Gasteiger partial charge in [0.2, 0.25) is 15.9 Å². The molecule has 7 nitrogen and oxygen atoms in total. The highest BCUT2D eigenvalue weighted by Gasteiger charge is 2.30. The van der Waals surface area contributed by atoms with Gasteiger partial charge in [-0.2, -0.15) is 0 Å². The molecule has 1 amide bonds. The third-order valence-electron chi connectivity index (χ3n) is 3.27. The average molecular weight is 287 g/mol. The third-order valence-corrected chi connectivity index (χ3v) is 5.15. The molecule has 0 aliphatic carbocycles. The minimum absolute atomic E-state index is 0.100. The van der Waals surface area contributed by atoms with Gasteiger partial charge in [-0.1, -0.05) is 5.16 Å². The molecule has 0 atom stereocenters. The average Bonchev–Trinajstić information content (AvgIpc) is 2.91. The minimum atomic E-state index is -3.15. The summed E-state index contributed by atoms with van der Waals surface area (Å²) < 4.78 is 29.5. The maximum Gasteiger partial charge on any atom is 0.228 e. The molecule has 2 heterocycles. The number of amides is 1. The Morgan fingerprint density at radius 2 is 2.21 bits per heavy atom. The van der Waals surface area contributed by atoms with Crippen molar-refractivity contribution in [2.75, 3.05) is 24.2 Å². The lowest BCUT2D eigenvalue weighted by Crippen LogP contribution is -2.42. The number of aromatic nitrogens is 1. The van der Waals surface area contributed by atoms with E-state index in [1.807, 2.05) is 0 Å². The standard InChI is InChI=1S/C11H17N3O4S/c1-2-19(16,17)14-6-3-9(4-7-14)11(15)12-10-5-8-18-13-10/h5,8-9H,2-4,6-7H2,1H3,(H,12,13,15). The molecule has 2 rings (SSSR count).